The standard InChI is InChI=1S/C17H16O4/c1-2-20-17(12-8-4-3-5-9-12)16(19)15(18)13-10-6-7-11-14(13)21-17/h3-11,16,19H,2H2,1H3. The van der Waals surface area contributed by atoms with Gasteiger partial charge in [-0.15, -0.1) is 0 Å². The smallest absolute Gasteiger partial charge is 0.271 e. The highest BCUT2D eigenvalue weighted by molar-refractivity contribution is 6.03. The molecule has 0 saturated heterocycles. The molecule has 1 aliphatic rings. The highest BCUT2D eigenvalue weighted by Gasteiger charge is 2.51. The third-order valence-corrected chi connectivity index (χ3v) is 3.56. The zero-order chi connectivity index (χ0) is 14.9. The summed E-state index contributed by atoms with van der Waals surface area (Å²) in [6.07, 6.45) is -1.41. The van der Waals surface area contributed by atoms with Crippen LogP contribution in [0, 0.1) is 0 Å². The Labute approximate surface area is 122 Å². The van der Waals surface area contributed by atoms with E-state index in [1.54, 1.807) is 43.3 Å². The molecule has 0 aliphatic carbocycles. The fourth-order valence-electron chi connectivity index (χ4n) is 2.59. The lowest BCUT2D eigenvalue weighted by Crippen LogP contribution is -2.54. The van der Waals surface area contributed by atoms with Crippen molar-refractivity contribution < 1.29 is 19.4 Å². The molecule has 2 aromatic carbocycles. The van der Waals surface area contributed by atoms with Crippen molar-refractivity contribution in [1.29, 1.82) is 0 Å². The summed E-state index contributed by atoms with van der Waals surface area (Å²) in [6.45, 7) is 2.10. The highest BCUT2D eigenvalue weighted by atomic mass is 16.7. The minimum Gasteiger partial charge on any atom is -0.454 e. The molecule has 2 unspecified atom stereocenters. The lowest BCUT2D eigenvalue weighted by Gasteiger charge is -2.40. The Morgan fingerprint density at radius 1 is 1.14 bits per heavy atom. The van der Waals surface area contributed by atoms with Gasteiger partial charge in [0.2, 0.25) is 5.78 Å². The van der Waals surface area contributed by atoms with Gasteiger partial charge in [-0.1, -0.05) is 42.5 Å². The molecule has 0 spiro atoms. The van der Waals surface area contributed by atoms with Crippen LogP contribution in [0.4, 0.5) is 0 Å². The average molecular weight is 284 g/mol. The Balaban J connectivity index is 2.16. The average Bonchev–Trinajstić information content (AvgIpc) is 2.53. The maximum Gasteiger partial charge on any atom is 0.271 e. The highest BCUT2D eigenvalue weighted by Crippen LogP contribution is 2.40. The van der Waals surface area contributed by atoms with Gasteiger partial charge in [0.25, 0.3) is 5.79 Å². The molecular weight excluding hydrogens is 268 g/mol. The van der Waals surface area contributed by atoms with Crippen molar-refractivity contribution in [2.24, 2.45) is 0 Å². The summed E-state index contributed by atoms with van der Waals surface area (Å²) in [5.41, 5.74) is 0.985. The van der Waals surface area contributed by atoms with E-state index in [0.717, 1.165) is 0 Å². The van der Waals surface area contributed by atoms with Crippen LogP contribution in [0.3, 0.4) is 0 Å². The molecule has 0 aromatic heterocycles. The van der Waals surface area contributed by atoms with Crippen LogP contribution in [-0.4, -0.2) is 23.6 Å². The van der Waals surface area contributed by atoms with Crippen LogP contribution in [0.25, 0.3) is 0 Å². The first-order valence-corrected chi connectivity index (χ1v) is 6.89. The maximum absolute atomic E-state index is 12.5. The van der Waals surface area contributed by atoms with E-state index in [-0.39, 0.29) is 0 Å². The van der Waals surface area contributed by atoms with Gasteiger partial charge in [-0.2, -0.15) is 0 Å². The summed E-state index contributed by atoms with van der Waals surface area (Å²) in [4.78, 5) is 12.5. The van der Waals surface area contributed by atoms with Gasteiger partial charge in [-0.3, -0.25) is 4.79 Å². The van der Waals surface area contributed by atoms with Crippen molar-refractivity contribution in [2.45, 2.75) is 18.8 Å². The van der Waals surface area contributed by atoms with Gasteiger partial charge in [0.05, 0.1) is 5.56 Å². The molecule has 0 bridgehead atoms. The Morgan fingerprint density at radius 3 is 2.52 bits per heavy atom. The number of Topliss-reactive ketones (excluding diaryl/α,β-unsaturated/α-hetero) is 1. The Morgan fingerprint density at radius 2 is 1.81 bits per heavy atom. The van der Waals surface area contributed by atoms with E-state index >= 15 is 0 Å². The molecule has 1 aliphatic heterocycles. The van der Waals surface area contributed by atoms with Gasteiger partial charge < -0.3 is 14.6 Å². The largest absolute Gasteiger partial charge is 0.454 e. The molecule has 1 heterocycles. The van der Waals surface area contributed by atoms with Gasteiger partial charge in [-0.05, 0) is 19.1 Å². The van der Waals surface area contributed by atoms with Gasteiger partial charge in [0, 0.05) is 12.2 Å². The summed E-state index contributed by atoms with van der Waals surface area (Å²) in [6, 6.07) is 15.9. The quantitative estimate of drug-likeness (QED) is 0.941. The van der Waals surface area contributed by atoms with E-state index in [2.05, 4.69) is 0 Å². The van der Waals surface area contributed by atoms with Crippen LogP contribution in [-0.2, 0) is 10.5 Å². The number of ether oxygens (including phenoxy) is 2. The number of para-hydroxylation sites is 1. The van der Waals surface area contributed by atoms with Crippen LogP contribution < -0.4 is 4.74 Å². The number of fused-ring (bicyclic) bond motifs is 1. The van der Waals surface area contributed by atoms with Crippen molar-refractivity contribution in [2.75, 3.05) is 6.61 Å². The van der Waals surface area contributed by atoms with Crippen LogP contribution in [0.2, 0.25) is 0 Å². The molecule has 108 valence electrons. The summed E-state index contributed by atoms with van der Waals surface area (Å²) in [7, 11) is 0. The molecule has 4 heteroatoms. The van der Waals surface area contributed by atoms with Gasteiger partial charge in [0.15, 0.2) is 6.10 Å². The fourth-order valence-corrected chi connectivity index (χ4v) is 2.59. The first-order chi connectivity index (χ1) is 10.2. The summed E-state index contributed by atoms with van der Waals surface area (Å²) in [5.74, 6) is -1.47. The maximum atomic E-state index is 12.5. The van der Waals surface area contributed by atoms with Crippen molar-refractivity contribution in [3.05, 3.63) is 65.7 Å². The molecule has 0 radical (unpaired) electrons. The third kappa shape index (κ3) is 2.13. The first kappa shape index (κ1) is 13.8. The Bertz CT molecular complexity index is 653. The fraction of sp³-hybridized carbons (Fsp3) is 0.235. The van der Waals surface area contributed by atoms with Crippen molar-refractivity contribution in [3.8, 4) is 5.75 Å². The molecule has 21 heavy (non-hydrogen) atoms. The Kier molecular flexibility index (Phi) is 3.49. The number of ketones is 1. The number of aliphatic hydroxyl groups excluding tert-OH is 1. The molecule has 4 nitrogen and oxygen atoms in total. The number of aliphatic hydroxyl groups is 1. The predicted molar refractivity (Wildman–Crippen MR) is 77.2 cm³/mol. The second-order valence-corrected chi connectivity index (χ2v) is 4.83. The van der Waals surface area contributed by atoms with Crippen molar-refractivity contribution in [1.82, 2.24) is 0 Å². The SMILES string of the molecule is CCOC1(c2ccccc2)Oc2ccccc2C(=O)C1O. The molecular formula is C17H16O4. The number of hydrogen-bond acceptors (Lipinski definition) is 4. The van der Waals surface area contributed by atoms with Crippen LogP contribution in [0.15, 0.2) is 54.6 Å². The summed E-state index contributed by atoms with van der Waals surface area (Å²) >= 11 is 0. The van der Waals surface area contributed by atoms with E-state index in [0.29, 0.717) is 23.5 Å². The van der Waals surface area contributed by atoms with Crippen LogP contribution in [0.1, 0.15) is 22.8 Å². The lowest BCUT2D eigenvalue weighted by atomic mass is 9.90. The third-order valence-electron chi connectivity index (χ3n) is 3.56. The van der Waals surface area contributed by atoms with Crippen LogP contribution >= 0.6 is 0 Å². The second kappa shape index (κ2) is 5.31. The number of benzene rings is 2. The molecule has 0 amide bonds. The molecule has 1 N–H and O–H groups in total. The normalized spacial score (nSPS) is 24.3. The molecule has 2 atom stereocenters. The number of carbonyl (C=O) groups is 1. The predicted octanol–water partition coefficient (Wildman–Crippen LogP) is 2.51. The lowest BCUT2D eigenvalue weighted by molar-refractivity contribution is -0.236. The number of hydrogen-bond donors (Lipinski definition) is 1. The zero-order valence-corrected chi connectivity index (χ0v) is 11.7. The van der Waals surface area contributed by atoms with Crippen molar-refractivity contribution in [3.63, 3.8) is 0 Å². The number of rotatable bonds is 3. The molecule has 0 fully saturated rings. The summed E-state index contributed by atoms with van der Waals surface area (Å²) in [5, 5.41) is 10.5. The van der Waals surface area contributed by atoms with Gasteiger partial charge in [-0.25, -0.2) is 0 Å². The van der Waals surface area contributed by atoms with Gasteiger partial charge in [0.1, 0.15) is 5.75 Å². The first-order valence-electron chi connectivity index (χ1n) is 6.89. The molecule has 0 saturated carbocycles. The Hall–Kier alpha value is -2.17. The van der Waals surface area contributed by atoms with Crippen LogP contribution in [0.5, 0.6) is 5.75 Å². The van der Waals surface area contributed by atoms with E-state index in [1.807, 2.05) is 18.2 Å². The van der Waals surface area contributed by atoms with E-state index in [9.17, 15) is 9.90 Å². The minimum atomic E-state index is -1.50. The summed E-state index contributed by atoms with van der Waals surface area (Å²) < 4.78 is 11.6. The topological polar surface area (TPSA) is 55.8 Å². The number of carbonyl (C=O) groups excluding carboxylic acids is 1. The van der Waals surface area contributed by atoms with E-state index < -0.39 is 17.7 Å². The zero-order valence-electron chi connectivity index (χ0n) is 11.7. The second-order valence-electron chi connectivity index (χ2n) is 4.83. The van der Waals surface area contributed by atoms with E-state index in [4.69, 9.17) is 9.47 Å². The molecule has 2 aromatic rings. The minimum absolute atomic E-state index is 0.307. The van der Waals surface area contributed by atoms with Gasteiger partial charge >= 0.3 is 0 Å². The monoisotopic (exact) mass is 284 g/mol. The molecule has 3 rings (SSSR count). The van der Waals surface area contributed by atoms with Crippen molar-refractivity contribution >= 4 is 5.78 Å². The van der Waals surface area contributed by atoms with E-state index in [1.165, 1.54) is 0 Å².